The van der Waals surface area contributed by atoms with Crippen molar-refractivity contribution in [1.29, 1.82) is 5.26 Å². The number of nitriles is 1. The average molecular weight is 216 g/mol. The zero-order chi connectivity index (χ0) is 11.4. The topological polar surface area (TPSA) is 56.3 Å². The van der Waals surface area contributed by atoms with E-state index >= 15 is 0 Å². The molecular formula is C12H16N4. The second kappa shape index (κ2) is 5.08. The van der Waals surface area contributed by atoms with Crippen molar-refractivity contribution in [2.75, 3.05) is 26.2 Å². The van der Waals surface area contributed by atoms with Crippen LogP contribution in [0.5, 0.6) is 0 Å². The SMILES string of the molecule is N#Cc1cccc(CN2CCN(N)CC2)c1. The minimum atomic E-state index is 0.731. The van der Waals surface area contributed by atoms with Crippen LogP contribution in [0.15, 0.2) is 24.3 Å². The van der Waals surface area contributed by atoms with Gasteiger partial charge in [-0.05, 0) is 17.7 Å². The molecule has 16 heavy (non-hydrogen) atoms. The van der Waals surface area contributed by atoms with Gasteiger partial charge >= 0.3 is 0 Å². The van der Waals surface area contributed by atoms with E-state index in [4.69, 9.17) is 11.1 Å². The van der Waals surface area contributed by atoms with Crippen LogP contribution in [-0.2, 0) is 6.54 Å². The summed E-state index contributed by atoms with van der Waals surface area (Å²) in [6.07, 6.45) is 0. The van der Waals surface area contributed by atoms with E-state index in [1.165, 1.54) is 5.56 Å². The standard InChI is InChI=1S/C12H16N4/c13-9-11-2-1-3-12(8-11)10-15-4-6-16(14)7-5-15/h1-3,8H,4-7,10,14H2. The summed E-state index contributed by atoms with van der Waals surface area (Å²) in [4.78, 5) is 2.36. The third-order valence-corrected chi connectivity index (χ3v) is 2.87. The molecule has 1 aromatic rings. The van der Waals surface area contributed by atoms with E-state index in [0.717, 1.165) is 38.3 Å². The van der Waals surface area contributed by atoms with Gasteiger partial charge in [0.1, 0.15) is 0 Å². The Balaban J connectivity index is 1.96. The van der Waals surface area contributed by atoms with Gasteiger partial charge in [-0.3, -0.25) is 10.7 Å². The van der Waals surface area contributed by atoms with Gasteiger partial charge in [0.05, 0.1) is 11.6 Å². The number of benzene rings is 1. The maximum Gasteiger partial charge on any atom is 0.0991 e. The molecule has 0 spiro atoms. The third-order valence-electron chi connectivity index (χ3n) is 2.87. The maximum atomic E-state index is 8.82. The third kappa shape index (κ3) is 2.80. The number of rotatable bonds is 2. The van der Waals surface area contributed by atoms with Gasteiger partial charge < -0.3 is 0 Å². The molecule has 1 heterocycles. The summed E-state index contributed by atoms with van der Waals surface area (Å²) in [7, 11) is 0. The Morgan fingerprint density at radius 1 is 1.25 bits per heavy atom. The molecule has 0 unspecified atom stereocenters. The Kier molecular flexibility index (Phi) is 3.52. The second-order valence-corrected chi connectivity index (χ2v) is 4.12. The fourth-order valence-electron chi connectivity index (χ4n) is 1.92. The van der Waals surface area contributed by atoms with Crippen molar-refractivity contribution in [2.24, 2.45) is 5.84 Å². The fraction of sp³-hybridized carbons (Fsp3) is 0.417. The molecule has 4 heteroatoms. The highest BCUT2D eigenvalue weighted by atomic mass is 15.4. The van der Waals surface area contributed by atoms with Crippen LogP contribution in [0.1, 0.15) is 11.1 Å². The van der Waals surface area contributed by atoms with E-state index in [1.807, 2.05) is 23.2 Å². The number of hydrogen-bond donors (Lipinski definition) is 1. The molecule has 0 saturated carbocycles. The van der Waals surface area contributed by atoms with Gasteiger partial charge in [0.2, 0.25) is 0 Å². The monoisotopic (exact) mass is 216 g/mol. The van der Waals surface area contributed by atoms with Crippen LogP contribution < -0.4 is 5.84 Å². The maximum absolute atomic E-state index is 8.82. The van der Waals surface area contributed by atoms with E-state index in [1.54, 1.807) is 0 Å². The van der Waals surface area contributed by atoms with E-state index in [9.17, 15) is 0 Å². The summed E-state index contributed by atoms with van der Waals surface area (Å²) in [5.74, 6) is 5.70. The lowest BCUT2D eigenvalue weighted by Crippen LogP contribution is -2.48. The van der Waals surface area contributed by atoms with Crippen molar-refractivity contribution >= 4 is 0 Å². The van der Waals surface area contributed by atoms with Crippen molar-refractivity contribution < 1.29 is 0 Å². The van der Waals surface area contributed by atoms with Crippen molar-refractivity contribution in [2.45, 2.75) is 6.54 Å². The molecule has 1 aliphatic rings. The summed E-state index contributed by atoms with van der Waals surface area (Å²) < 4.78 is 0. The van der Waals surface area contributed by atoms with Gasteiger partial charge in [0, 0.05) is 32.7 Å². The van der Waals surface area contributed by atoms with Crippen LogP contribution >= 0.6 is 0 Å². The quantitative estimate of drug-likeness (QED) is 0.733. The van der Waals surface area contributed by atoms with Gasteiger partial charge in [-0.1, -0.05) is 12.1 Å². The Morgan fingerprint density at radius 2 is 2.00 bits per heavy atom. The molecule has 1 fully saturated rings. The molecule has 2 N–H and O–H groups in total. The molecule has 84 valence electrons. The minimum Gasteiger partial charge on any atom is -0.296 e. The predicted octanol–water partition coefficient (Wildman–Crippen LogP) is 0.550. The molecule has 1 aliphatic heterocycles. The fourth-order valence-corrected chi connectivity index (χ4v) is 1.92. The molecule has 0 bridgehead atoms. The number of piperazine rings is 1. The van der Waals surface area contributed by atoms with Gasteiger partial charge in [0.25, 0.3) is 0 Å². The Bertz CT molecular complexity index is 388. The molecule has 1 aromatic carbocycles. The molecule has 0 radical (unpaired) electrons. The Hall–Kier alpha value is -1.41. The van der Waals surface area contributed by atoms with Crippen LogP contribution in [0.25, 0.3) is 0 Å². The van der Waals surface area contributed by atoms with Crippen LogP contribution in [0, 0.1) is 11.3 Å². The van der Waals surface area contributed by atoms with Crippen LogP contribution in [0.4, 0.5) is 0 Å². The molecule has 1 saturated heterocycles. The zero-order valence-electron chi connectivity index (χ0n) is 9.26. The predicted molar refractivity (Wildman–Crippen MR) is 62.2 cm³/mol. The minimum absolute atomic E-state index is 0.731. The zero-order valence-corrected chi connectivity index (χ0v) is 9.26. The highest BCUT2D eigenvalue weighted by Gasteiger charge is 2.14. The first-order valence-electron chi connectivity index (χ1n) is 5.49. The Labute approximate surface area is 95.8 Å². The van der Waals surface area contributed by atoms with Crippen LogP contribution in [-0.4, -0.2) is 36.1 Å². The van der Waals surface area contributed by atoms with E-state index in [2.05, 4.69) is 17.0 Å². The van der Waals surface area contributed by atoms with Crippen LogP contribution in [0.3, 0.4) is 0 Å². The molecule has 2 rings (SSSR count). The Morgan fingerprint density at radius 3 is 2.69 bits per heavy atom. The number of nitrogens with zero attached hydrogens (tertiary/aromatic N) is 3. The molecule has 0 amide bonds. The van der Waals surface area contributed by atoms with E-state index in [0.29, 0.717) is 0 Å². The normalized spacial score (nSPS) is 18.2. The van der Waals surface area contributed by atoms with Gasteiger partial charge in [-0.15, -0.1) is 0 Å². The summed E-state index contributed by atoms with van der Waals surface area (Å²) >= 11 is 0. The summed E-state index contributed by atoms with van der Waals surface area (Å²) in [5, 5.41) is 10.7. The number of hydrogen-bond acceptors (Lipinski definition) is 4. The lowest BCUT2D eigenvalue weighted by atomic mass is 10.1. The first-order chi connectivity index (χ1) is 7.78. The molecule has 0 aliphatic carbocycles. The average Bonchev–Trinajstić information content (AvgIpc) is 2.32. The van der Waals surface area contributed by atoms with E-state index in [-0.39, 0.29) is 0 Å². The first-order valence-corrected chi connectivity index (χ1v) is 5.49. The largest absolute Gasteiger partial charge is 0.296 e. The van der Waals surface area contributed by atoms with Gasteiger partial charge in [-0.2, -0.15) is 5.26 Å². The van der Waals surface area contributed by atoms with Gasteiger partial charge in [-0.25, -0.2) is 5.01 Å². The number of hydrazine groups is 1. The highest BCUT2D eigenvalue weighted by molar-refractivity contribution is 5.32. The summed E-state index contributed by atoms with van der Waals surface area (Å²) in [6, 6.07) is 9.96. The summed E-state index contributed by atoms with van der Waals surface area (Å²) in [6.45, 7) is 4.72. The summed E-state index contributed by atoms with van der Waals surface area (Å²) in [5.41, 5.74) is 1.93. The van der Waals surface area contributed by atoms with E-state index < -0.39 is 0 Å². The first kappa shape index (κ1) is 11.1. The smallest absolute Gasteiger partial charge is 0.0991 e. The lowest BCUT2D eigenvalue weighted by molar-refractivity contribution is 0.128. The molecule has 0 atom stereocenters. The van der Waals surface area contributed by atoms with Crippen molar-refractivity contribution in [1.82, 2.24) is 9.91 Å². The molecular weight excluding hydrogens is 200 g/mol. The van der Waals surface area contributed by atoms with Crippen LogP contribution in [0.2, 0.25) is 0 Å². The second-order valence-electron chi connectivity index (χ2n) is 4.12. The highest BCUT2D eigenvalue weighted by Crippen LogP contribution is 2.09. The van der Waals surface area contributed by atoms with Crippen molar-refractivity contribution in [3.63, 3.8) is 0 Å². The molecule has 4 nitrogen and oxygen atoms in total. The number of nitrogens with two attached hydrogens (primary N) is 1. The molecule has 0 aromatic heterocycles. The van der Waals surface area contributed by atoms with Gasteiger partial charge in [0.15, 0.2) is 0 Å². The van der Waals surface area contributed by atoms with Crippen molar-refractivity contribution in [3.8, 4) is 6.07 Å². The lowest BCUT2D eigenvalue weighted by Gasteiger charge is -2.31. The van der Waals surface area contributed by atoms with Crippen molar-refractivity contribution in [3.05, 3.63) is 35.4 Å².